The van der Waals surface area contributed by atoms with Gasteiger partial charge in [0.25, 0.3) is 0 Å². The van der Waals surface area contributed by atoms with Crippen LogP contribution in [0, 0.1) is 24.3 Å². The van der Waals surface area contributed by atoms with Gasteiger partial charge in [-0.1, -0.05) is 101 Å². The van der Waals surface area contributed by atoms with E-state index in [4.69, 9.17) is 23.2 Å². The molecule has 0 N–H and O–H groups in total. The summed E-state index contributed by atoms with van der Waals surface area (Å²) in [6.45, 7) is 13.6. The zero-order valence-corrected chi connectivity index (χ0v) is 33.9. The van der Waals surface area contributed by atoms with Crippen molar-refractivity contribution < 1.29 is 24.2 Å². The zero-order chi connectivity index (χ0) is 36.3. The predicted octanol–water partition coefficient (Wildman–Crippen LogP) is 13.5. The van der Waals surface area contributed by atoms with E-state index >= 15 is 0 Å². The molecule has 0 aromatic heterocycles. The standard InChI is InChI=1S/C21H25.2C10H6Cl.C5H5.CH2.Zr/c1-20(2,3)16-9-7-14-11-15-8-10-17(21(4,5)6)13-19(15)18(14)12-16;2*11-10-6-5-8-3-1-2-4-9(8)7-10;1-2-4-5-3-1;;/h7,9-10,12-13H,11H2,1-6H3;2*1-4,6-7H;1-3H,4H2;1H2;/q4*-1;;. The van der Waals surface area contributed by atoms with Gasteiger partial charge in [0.2, 0.25) is 0 Å². The molecule has 0 radical (unpaired) electrons. The van der Waals surface area contributed by atoms with Crippen molar-refractivity contribution in [3.8, 4) is 11.1 Å². The van der Waals surface area contributed by atoms with E-state index in [1.54, 1.807) is 12.1 Å². The van der Waals surface area contributed by atoms with Gasteiger partial charge in [0.05, 0.1) is 0 Å². The molecule has 6 aromatic carbocycles. The van der Waals surface area contributed by atoms with Crippen molar-refractivity contribution in [2.75, 3.05) is 0 Å². The first-order valence-electron chi connectivity index (χ1n) is 16.8. The van der Waals surface area contributed by atoms with E-state index in [1.165, 1.54) is 57.6 Å². The van der Waals surface area contributed by atoms with Crippen LogP contribution in [-0.4, -0.2) is 4.21 Å². The molecule has 8 rings (SSSR count). The third-order valence-corrected chi connectivity index (χ3v) is 8.79. The van der Waals surface area contributed by atoms with E-state index < -0.39 is 0 Å². The van der Waals surface area contributed by atoms with Crippen LogP contribution in [0.15, 0.2) is 121 Å². The molecule has 0 heterocycles. The number of rotatable bonds is 0. The number of hydrogen-bond donors (Lipinski definition) is 0. The van der Waals surface area contributed by atoms with Crippen molar-refractivity contribution in [1.29, 1.82) is 0 Å². The van der Waals surface area contributed by atoms with Crippen LogP contribution >= 0.6 is 23.2 Å². The second kappa shape index (κ2) is 18.2. The van der Waals surface area contributed by atoms with E-state index in [9.17, 15) is 0 Å². The third-order valence-electron chi connectivity index (χ3n) is 8.35. The summed E-state index contributed by atoms with van der Waals surface area (Å²) >= 11 is 12.9. The molecular formula is C47H44Cl2Zr-4. The number of benzene rings is 6. The maximum atomic E-state index is 5.79. The Morgan fingerprint density at radius 2 is 1.16 bits per heavy atom. The van der Waals surface area contributed by atoms with Crippen LogP contribution in [0.1, 0.15) is 70.2 Å². The van der Waals surface area contributed by atoms with Crippen LogP contribution in [0.4, 0.5) is 0 Å². The molecule has 0 saturated heterocycles. The molecular weight excluding hydrogens is 727 g/mol. The van der Waals surface area contributed by atoms with Crippen LogP contribution in [0.2, 0.25) is 10.0 Å². The van der Waals surface area contributed by atoms with E-state index in [2.05, 4.69) is 106 Å². The van der Waals surface area contributed by atoms with Crippen molar-refractivity contribution in [1.82, 2.24) is 0 Å². The van der Waals surface area contributed by atoms with Crippen molar-refractivity contribution in [2.24, 2.45) is 0 Å². The van der Waals surface area contributed by atoms with Gasteiger partial charge in [-0.15, -0.1) is 117 Å². The molecule has 0 atom stereocenters. The third kappa shape index (κ3) is 11.1. The molecule has 0 bridgehead atoms. The van der Waals surface area contributed by atoms with Crippen molar-refractivity contribution in [3.63, 3.8) is 0 Å². The first kappa shape index (κ1) is 39.4. The second-order valence-electron chi connectivity index (χ2n) is 14.1. The molecule has 2 aliphatic rings. The summed E-state index contributed by atoms with van der Waals surface area (Å²) in [5, 5.41) is 5.97. The number of fused-ring (bicyclic) bond motifs is 5. The Kier molecular flexibility index (Phi) is 14.4. The van der Waals surface area contributed by atoms with Gasteiger partial charge < -0.3 is 0 Å². The summed E-state index contributed by atoms with van der Waals surface area (Å²) in [4.78, 5) is 0. The van der Waals surface area contributed by atoms with Crippen molar-refractivity contribution >= 4 is 49.0 Å². The summed E-state index contributed by atoms with van der Waals surface area (Å²) < 4.78 is 3.34. The van der Waals surface area contributed by atoms with E-state index in [0.717, 1.165) is 44.4 Å². The van der Waals surface area contributed by atoms with Crippen LogP contribution in [0.5, 0.6) is 0 Å². The number of halogens is 2. The maximum absolute atomic E-state index is 5.79. The molecule has 0 nitrogen and oxygen atoms in total. The molecule has 3 heteroatoms. The average molecular weight is 771 g/mol. The Labute approximate surface area is 325 Å². The minimum atomic E-state index is 0.177. The molecule has 2 aliphatic carbocycles. The molecule has 254 valence electrons. The van der Waals surface area contributed by atoms with E-state index in [0.29, 0.717) is 0 Å². The number of allylic oxidation sites excluding steroid dienone is 4. The Morgan fingerprint density at radius 3 is 1.64 bits per heavy atom. The summed E-state index contributed by atoms with van der Waals surface area (Å²) in [5.74, 6) is 0. The Morgan fingerprint density at radius 1 is 0.620 bits per heavy atom. The summed E-state index contributed by atoms with van der Waals surface area (Å²) in [6, 6.07) is 44.7. The molecule has 50 heavy (non-hydrogen) atoms. The Hall–Kier alpha value is -3.35. The van der Waals surface area contributed by atoms with Gasteiger partial charge in [0.1, 0.15) is 0 Å². The fraction of sp³-hybridized carbons (Fsp3) is 0.213. The summed E-state index contributed by atoms with van der Waals surface area (Å²) in [6.07, 6.45) is 11.0. The first-order valence-corrected chi connectivity index (χ1v) is 19.3. The van der Waals surface area contributed by atoms with Gasteiger partial charge in [0, 0.05) is 0 Å². The predicted molar refractivity (Wildman–Crippen MR) is 215 cm³/mol. The average Bonchev–Trinajstić information content (AvgIpc) is 3.81. The number of hydrogen-bond acceptors (Lipinski definition) is 0. The summed E-state index contributed by atoms with van der Waals surface area (Å²) in [7, 11) is 0. The zero-order valence-electron chi connectivity index (χ0n) is 29.9. The molecule has 0 aliphatic heterocycles. The van der Waals surface area contributed by atoms with Gasteiger partial charge in [-0.05, 0) is 27.4 Å². The van der Waals surface area contributed by atoms with Crippen LogP contribution in [0.3, 0.4) is 0 Å². The Balaban J connectivity index is 0.000000163. The van der Waals surface area contributed by atoms with Crippen LogP contribution < -0.4 is 0 Å². The minimum absolute atomic E-state index is 0.177. The molecule has 0 amide bonds. The van der Waals surface area contributed by atoms with Crippen molar-refractivity contribution in [3.05, 3.63) is 178 Å². The SMILES string of the molecule is CC(C)(C)c1c[c-]c2c(c1)-c1cc(C(C)(C)C)ccc1C2.Clc1c[c-]c2ccccc2c1.Clc1c[c-]c2ccccc2c1.[C-]1=CC=CC1.[CH2]=[Zr]. The monoisotopic (exact) mass is 768 g/mol. The second-order valence-corrected chi connectivity index (χ2v) is 15.0. The van der Waals surface area contributed by atoms with Crippen molar-refractivity contribution in [2.45, 2.75) is 65.2 Å². The normalized spacial score (nSPS) is 12.2. The topological polar surface area (TPSA) is 0 Å². The van der Waals surface area contributed by atoms with Gasteiger partial charge in [-0.3, -0.25) is 6.08 Å². The van der Waals surface area contributed by atoms with Crippen LogP contribution in [0.25, 0.3) is 32.7 Å². The molecule has 0 fully saturated rings. The van der Waals surface area contributed by atoms with E-state index in [-0.39, 0.29) is 10.8 Å². The fourth-order valence-corrected chi connectivity index (χ4v) is 5.85. The van der Waals surface area contributed by atoms with Gasteiger partial charge >= 0.3 is 28.4 Å². The Bertz CT molecular complexity index is 1940. The fourth-order valence-electron chi connectivity index (χ4n) is 5.51. The quantitative estimate of drug-likeness (QED) is 0.135. The molecule has 0 unspecified atom stereocenters. The molecule has 6 aromatic rings. The van der Waals surface area contributed by atoms with Gasteiger partial charge in [0.15, 0.2) is 0 Å². The van der Waals surface area contributed by atoms with Gasteiger partial charge in [-0.2, -0.15) is 35.4 Å². The molecule has 0 saturated carbocycles. The first-order chi connectivity index (χ1) is 23.9. The van der Waals surface area contributed by atoms with E-state index in [1.807, 2.05) is 72.8 Å². The van der Waals surface area contributed by atoms with Gasteiger partial charge in [-0.25, -0.2) is 12.2 Å². The van der Waals surface area contributed by atoms with Crippen LogP contribution in [-0.2, 0) is 41.5 Å². The summed E-state index contributed by atoms with van der Waals surface area (Å²) in [5.41, 5.74) is 8.76. The molecule has 0 spiro atoms.